The van der Waals surface area contributed by atoms with Crippen molar-refractivity contribution in [3.63, 3.8) is 0 Å². The van der Waals surface area contributed by atoms with Gasteiger partial charge in [0.05, 0.1) is 18.1 Å². The average Bonchev–Trinajstić information content (AvgIpc) is 3.80. The number of hydrogen-bond donors (Lipinski definition) is 2. The number of hydrogen-bond acceptors (Lipinski definition) is 10. The van der Waals surface area contributed by atoms with E-state index in [9.17, 15) is 18.3 Å². The first kappa shape index (κ1) is 29.0. The molecule has 0 bridgehead atoms. The summed E-state index contributed by atoms with van der Waals surface area (Å²) in [6.07, 6.45) is 14.2. The van der Waals surface area contributed by atoms with E-state index in [1.807, 2.05) is 11.1 Å². The summed E-state index contributed by atoms with van der Waals surface area (Å²) in [5.74, 6) is 1.33. The van der Waals surface area contributed by atoms with Gasteiger partial charge in [0, 0.05) is 55.9 Å². The van der Waals surface area contributed by atoms with Crippen molar-refractivity contribution >= 4 is 27.7 Å². The van der Waals surface area contributed by atoms with Crippen molar-refractivity contribution in [2.75, 3.05) is 29.9 Å². The number of nitrogens with one attached hydrogen (secondary N) is 1. The van der Waals surface area contributed by atoms with Crippen LogP contribution in [0.5, 0.6) is 0 Å². The fraction of sp³-hybridized carbons (Fsp3) is 0.667. The van der Waals surface area contributed by atoms with Crippen molar-refractivity contribution in [3.8, 4) is 0 Å². The molecule has 2 saturated heterocycles. The molecule has 1 spiro atoms. The molecular weight excluding hydrogens is 572 g/mol. The summed E-state index contributed by atoms with van der Waals surface area (Å²) < 4.78 is 40.0. The molecule has 3 atom stereocenters. The third-order valence-corrected chi connectivity index (χ3v) is 11.6. The molecule has 232 valence electrons. The zero-order valence-corrected chi connectivity index (χ0v) is 25.2. The van der Waals surface area contributed by atoms with Crippen LogP contribution in [0.1, 0.15) is 81.8 Å². The fourth-order valence-corrected chi connectivity index (χ4v) is 8.61. The SMILES string of the molecule is O=C1N([C@H]2CCC[C@H](OC3CCCCO3)C2)c2nc(NC3CCN(S(=O)(=O)c4cncc(CO)c4)CC3)ncc2C12CC2. The van der Waals surface area contributed by atoms with Gasteiger partial charge in [-0.25, -0.2) is 13.4 Å². The number of rotatable bonds is 8. The van der Waals surface area contributed by atoms with Crippen molar-refractivity contribution in [2.24, 2.45) is 0 Å². The van der Waals surface area contributed by atoms with E-state index in [0.717, 1.165) is 75.8 Å². The van der Waals surface area contributed by atoms with Gasteiger partial charge in [0.25, 0.3) is 0 Å². The topological polar surface area (TPSA) is 147 Å². The minimum Gasteiger partial charge on any atom is -0.392 e. The van der Waals surface area contributed by atoms with E-state index >= 15 is 0 Å². The summed E-state index contributed by atoms with van der Waals surface area (Å²) in [7, 11) is -3.71. The van der Waals surface area contributed by atoms with Gasteiger partial charge in [0.15, 0.2) is 6.29 Å². The van der Waals surface area contributed by atoms with E-state index in [1.54, 1.807) is 0 Å². The van der Waals surface area contributed by atoms with Crippen LogP contribution >= 0.6 is 0 Å². The first-order chi connectivity index (χ1) is 20.9. The van der Waals surface area contributed by atoms with Crippen LogP contribution in [-0.4, -0.2) is 82.9 Å². The van der Waals surface area contributed by atoms with Crippen molar-refractivity contribution in [2.45, 2.75) is 112 Å². The van der Waals surface area contributed by atoms with Gasteiger partial charge in [-0.15, -0.1) is 0 Å². The summed E-state index contributed by atoms with van der Waals surface area (Å²) >= 11 is 0. The van der Waals surface area contributed by atoms with Crippen LogP contribution in [-0.2, 0) is 36.3 Å². The molecule has 4 fully saturated rings. The van der Waals surface area contributed by atoms with E-state index in [0.29, 0.717) is 37.4 Å². The third kappa shape index (κ3) is 5.54. The van der Waals surface area contributed by atoms with Crippen LogP contribution in [0.25, 0.3) is 0 Å². The monoisotopic (exact) mass is 612 g/mol. The van der Waals surface area contributed by atoms with Gasteiger partial charge in [-0.3, -0.25) is 14.7 Å². The lowest BCUT2D eigenvalue weighted by Crippen LogP contribution is -2.45. The van der Waals surface area contributed by atoms with Crippen LogP contribution in [0.4, 0.5) is 11.8 Å². The highest BCUT2D eigenvalue weighted by molar-refractivity contribution is 7.89. The highest BCUT2D eigenvalue weighted by Gasteiger charge is 2.61. The first-order valence-corrected chi connectivity index (χ1v) is 17.1. The van der Waals surface area contributed by atoms with E-state index < -0.39 is 15.4 Å². The Balaban J connectivity index is 1.03. The van der Waals surface area contributed by atoms with Crippen molar-refractivity contribution in [1.29, 1.82) is 0 Å². The zero-order chi connectivity index (χ0) is 29.6. The maximum absolute atomic E-state index is 13.8. The minimum atomic E-state index is -3.71. The van der Waals surface area contributed by atoms with Crippen molar-refractivity contribution in [1.82, 2.24) is 19.3 Å². The number of sulfonamides is 1. The zero-order valence-electron chi connectivity index (χ0n) is 24.4. The number of ether oxygens (including phenoxy) is 2. The number of amides is 1. The lowest BCUT2D eigenvalue weighted by atomic mass is 9.91. The summed E-state index contributed by atoms with van der Waals surface area (Å²) in [5, 5.41) is 12.8. The summed E-state index contributed by atoms with van der Waals surface area (Å²) in [6, 6.07) is 1.49. The molecule has 1 amide bonds. The number of aliphatic hydroxyl groups is 1. The Morgan fingerprint density at radius 3 is 2.65 bits per heavy atom. The fourth-order valence-electron chi connectivity index (χ4n) is 7.13. The molecule has 5 aliphatic rings. The number of aromatic nitrogens is 3. The number of aliphatic hydroxyl groups excluding tert-OH is 1. The molecule has 1 unspecified atom stereocenters. The molecule has 2 aromatic heterocycles. The second kappa shape index (κ2) is 11.7. The molecule has 0 radical (unpaired) electrons. The first-order valence-electron chi connectivity index (χ1n) is 15.7. The average molecular weight is 613 g/mol. The van der Waals surface area contributed by atoms with Gasteiger partial charge >= 0.3 is 0 Å². The lowest BCUT2D eigenvalue weighted by molar-refractivity contribution is -0.193. The molecule has 43 heavy (non-hydrogen) atoms. The molecule has 3 aliphatic heterocycles. The number of carbonyl (C=O) groups is 1. The predicted octanol–water partition coefficient (Wildman–Crippen LogP) is 2.86. The molecule has 2 aromatic rings. The molecule has 13 heteroatoms. The Kier molecular flexibility index (Phi) is 7.87. The molecule has 2 aliphatic carbocycles. The van der Waals surface area contributed by atoms with Crippen LogP contribution in [0.3, 0.4) is 0 Å². The normalized spacial score (nSPS) is 27.8. The molecule has 12 nitrogen and oxygen atoms in total. The molecular formula is C30H40N6O6S. The largest absolute Gasteiger partial charge is 0.392 e. The molecule has 2 saturated carbocycles. The van der Waals surface area contributed by atoms with Crippen molar-refractivity contribution in [3.05, 3.63) is 35.8 Å². The van der Waals surface area contributed by atoms with Gasteiger partial charge in [-0.2, -0.15) is 9.29 Å². The second-order valence-corrected chi connectivity index (χ2v) is 14.5. The number of piperidine rings is 1. The maximum atomic E-state index is 13.8. The standard InChI is InChI=1S/C30H40N6O6S/c37-19-20-14-24(17-31-16-20)43(39,40)35-11-7-21(8-12-35)33-29-32-18-25-27(34-29)36(28(38)30(25)9-10-30)22-4-3-5-23(15-22)42-26-6-1-2-13-41-26/h14,16-18,21-23,26,37H,1-13,15,19H2,(H,32,33,34)/t22-,23-,26?/m0/s1. The minimum absolute atomic E-state index is 0.00482. The number of nitrogens with zero attached hydrogens (tertiary/aromatic N) is 5. The summed E-state index contributed by atoms with van der Waals surface area (Å²) in [6.45, 7) is 1.17. The van der Waals surface area contributed by atoms with Crippen LogP contribution in [0.2, 0.25) is 0 Å². The molecule has 2 N–H and O–H groups in total. The number of fused-ring (bicyclic) bond motifs is 2. The summed E-state index contributed by atoms with van der Waals surface area (Å²) in [5.41, 5.74) is 0.915. The van der Waals surface area contributed by atoms with Gasteiger partial charge in [0.1, 0.15) is 10.7 Å². The van der Waals surface area contributed by atoms with Gasteiger partial charge in [-0.05, 0) is 82.3 Å². The third-order valence-electron chi connectivity index (χ3n) is 9.71. The van der Waals surface area contributed by atoms with Crippen LogP contribution in [0, 0.1) is 0 Å². The van der Waals surface area contributed by atoms with Gasteiger partial charge < -0.3 is 19.9 Å². The highest BCUT2D eigenvalue weighted by atomic mass is 32.2. The molecule has 7 rings (SSSR count). The van der Waals surface area contributed by atoms with E-state index in [4.69, 9.17) is 14.5 Å². The van der Waals surface area contributed by atoms with Crippen molar-refractivity contribution < 1.29 is 27.8 Å². The highest BCUT2D eigenvalue weighted by Crippen LogP contribution is 2.57. The van der Waals surface area contributed by atoms with Crippen LogP contribution < -0.4 is 10.2 Å². The van der Waals surface area contributed by atoms with E-state index in [1.165, 1.54) is 22.8 Å². The predicted molar refractivity (Wildman–Crippen MR) is 157 cm³/mol. The Hall–Kier alpha value is -2.71. The Morgan fingerprint density at radius 1 is 1.07 bits per heavy atom. The Labute approximate surface area is 252 Å². The molecule has 5 heterocycles. The van der Waals surface area contributed by atoms with Crippen LogP contribution in [0.15, 0.2) is 29.6 Å². The van der Waals surface area contributed by atoms with E-state index in [-0.39, 0.29) is 41.9 Å². The van der Waals surface area contributed by atoms with Gasteiger partial charge in [0.2, 0.25) is 21.9 Å². The number of pyridine rings is 1. The van der Waals surface area contributed by atoms with Gasteiger partial charge in [-0.1, -0.05) is 0 Å². The van der Waals surface area contributed by atoms with E-state index in [2.05, 4.69) is 15.3 Å². The number of anilines is 2. The molecule has 0 aromatic carbocycles. The quantitative estimate of drug-likeness (QED) is 0.456. The maximum Gasteiger partial charge on any atom is 0.244 e. The Morgan fingerprint density at radius 2 is 1.91 bits per heavy atom. The Bertz CT molecular complexity index is 1450. The number of carbonyl (C=O) groups excluding carboxylic acids is 1. The second-order valence-electron chi connectivity index (χ2n) is 12.6. The smallest absolute Gasteiger partial charge is 0.244 e. The summed E-state index contributed by atoms with van der Waals surface area (Å²) in [4.78, 5) is 29.4. The lowest BCUT2D eigenvalue weighted by Gasteiger charge is -2.37.